The van der Waals surface area contributed by atoms with Crippen molar-refractivity contribution < 1.29 is 19.4 Å². The number of aromatic carboxylic acids is 1. The number of rotatable bonds is 9. The highest BCUT2D eigenvalue weighted by molar-refractivity contribution is 6.02. The van der Waals surface area contributed by atoms with E-state index >= 15 is 0 Å². The Morgan fingerprint density at radius 1 is 1.20 bits per heavy atom. The number of methoxy groups -OCH3 is 1. The minimum absolute atomic E-state index is 0.248. The molecule has 3 aromatic rings. The van der Waals surface area contributed by atoms with Crippen molar-refractivity contribution in [1.82, 2.24) is 9.88 Å². The Morgan fingerprint density at radius 2 is 1.88 bits per heavy atom. The Morgan fingerprint density at radius 3 is 2.45 bits per heavy atom. The largest absolute Gasteiger partial charge is 0.478 e. The van der Waals surface area contributed by atoms with Gasteiger partial charge in [0, 0.05) is 50.4 Å². The maximum atomic E-state index is 11.4. The smallest absolute Gasteiger partial charge is 0.336 e. The van der Waals surface area contributed by atoms with Crippen molar-refractivity contribution in [3.63, 3.8) is 0 Å². The number of aryl methyl sites for hydroxylation is 2. The van der Waals surface area contributed by atoms with E-state index in [2.05, 4.69) is 66.5 Å². The lowest BCUT2D eigenvalue weighted by molar-refractivity contribution is -0.106. The van der Waals surface area contributed by atoms with Gasteiger partial charge < -0.3 is 19.5 Å². The first-order chi connectivity index (χ1) is 19.2. The van der Waals surface area contributed by atoms with E-state index in [1.165, 1.54) is 18.1 Å². The van der Waals surface area contributed by atoms with Crippen molar-refractivity contribution >= 4 is 29.5 Å². The fourth-order valence-corrected chi connectivity index (χ4v) is 3.78. The summed E-state index contributed by atoms with van der Waals surface area (Å²) in [7, 11) is 3.46. The van der Waals surface area contributed by atoms with E-state index < -0.39 is 5.97 Å². The van der Waals surface area contributed by atoms with Gasteiger partial charge in [-0.25, -0.2) is 4.79 Å². The van der Waals surface area contributed by atoms with Gasteiger partial charge in [0.25, 0.3) is 0 Å². The number of carboxylic acid groups (broad SMARTS) is 1. The third-order valence-electron chi connectivity index (χ3n) is 5.55. The predicted molar refractivity (Wildman–Crippen MR) is 164 cm³/mol. The molecule has 1 atom stereocenters. The lowest BCUT2D eigenvalue weighted by Gasteiger charge is -2.10. The van der Waals surface area contributed by atoms with Gasteiger partial charge in [0.1, 0.15) is 6.29 Å². The standard InChI is InChI=1S/C19H19N3O2.C12H18O.C2H4O/c1-4-22(13-20-3)10-6-5-7-15-8-9-18-16(12-15)17(19(23)24)11-14(2)21-18;1-10-4-6-12(7-5-10)8-11(2)9-13-3;1-2-3/h4,8-9,11-13H,1,6,10H2,2-3H3,(H,23,24);4-7,11H,8-9H2,1-3H3;2H,1H3. The summed E-state index contributed by atoms with van der Waals surface area (Å²) in [4.78, 5) is 30.4. The summed E-state index contributed by atoms with van der Waals surface area (Å²) in [6, 6.07) is 15.7. The van der Waals surface area contributed by atoms with E-state index in [-0.39, 0.29) is 5.56 Å². The number of ether oxygens (including phenoxy) is 1. The molecule has 0 saturated heterocycles. The van der Waals surface area contributed by atoms with Crippen LogP contribution >= 0.6 is 0 Å². The summed E-state index contributed by atoms with van der Waals surface area (Å²) in [5, 5.41) is 9.96. The lowest BCUT2D eigenvalue weighted by atomic mass is 10.0. The van der Waals surface area contributed by atoms with E-state index in [1.54, 1.807) is 51.8 Å². The monoisotopic (exact) mass is 543 g/mol. The average molecular weight is 544 g/mol. The van der Waals surface area contributed by atoms with Gasteiger partial charge in [-0.1, -0.05) is 55.2 Å². The van der Waals surface area contributed by atoms with Crippen molar-refractivity contribution in [3.8, 4) is 11.8 Å². The summed E-state index contributed by atoms with van der Waals surface area (Å²) < 4.78 is 5.10. The average Bonchev–Trinajstić information content (AvgIpc) is 2.92. The molecule has 212 valence electrons. The molecule has 0 aliphatic rings. The van der Waals surface area contributed by atoms with E-state index in [1.807, 2.05) is 11.0 Å². The van der Waals surface area contributed by atoms with Crippen molar-refractivity contribution in [3.05, 3.63) is 89.3 Å². The van der Waals surface area contributed by atoms with Crippen molar-refractivity contribution in [2.24, 2.45) is 10.9 Å². The van der Waals surface area contributed by atoms with Crippen LogP contribution in [0.4, 0.5) is 0 Å². The molecule has 0 spiro atoms. The maximum absolute atomic E-state index is 11.4. The quantitative estimate of drug-likeness (QED) is 0.151. The van der Waals surface area contributed by atoms with Crippen LogP contribution in [0.5, 0.6) is 0 Å². The molecule has 1 aromatic heterocycles. The Hall–Kier alpha value is -4.28. The Balaban J connectivity index is 0.000000420. The number of aldehydes is 1. The molecule has 0 bridgehead atoms. The number of fused-ring (bicyclic) bond motifs is 1. The van der Waals surface area contributed by atoms with E-state index in [4.69, 9.17) is 9.53 Å². The molecule has 0 amide bonds. The molecule has 0 aliphatic carbocycles. The zero-order chi connectivity index (χ0) is 29.9. The maximum Gasteiger partial charge on any atom is 0.336 e. The molecule has 0 fully saturated rings. The van der Waals surface area contributed by atoms with Gasteiger partial charge in [0.05, 0.1) is 17.4 Å². The van der Waals surface area contributed by atoms with Crippen LogP contribution in [0.1, 0.15) is 53.0 Å². The van der Waals surface area contributed by atoms with Crippen LogP contribution in [0.15, 0.2) is 66.3 Å². The van der Waals surface area contributed by atoms with Crippen LogP contribution in [0.25, 0.3) is 10.9 Å². The summed E-state index contributed by atoms with van der Waals surface area (Å²) in [6.07, 6.45) is 5.89. The van der Waals surface area contributed by atoms with Crippen LogP contribution < -0.4 is 0 Å². The number of pyridine rings is 1. The highest BCUT2D eigenvalue weighted by Gasteiger charge is 2.10. The molecule has 0 saturated carbocycles. The van der Waals surface area contributed by atoms with Crippen LogP contribution in [0.2, 0.25) is 0 Å². The summed E-state index contributed by atoms with van der Waals surface area (Å²) in [5.74, 6) is 5.79. The van der Waals surface area contributed by atoms with Crippen LogP contribution in [0, 0.1) is 31.6 Å². The fourth-order valence-electron chi connectivity index (χ4n) is 3.78. The lowest BCUT2D eigenvalue weighted by Crippen LogP contribution is -2.15. The summed E-state index contributed by atoms with van der Waals surface area (Å²) in [5.41, 5.74) is 5.08. The van der Waals surface area contributed by atoms with Crippen molar-refractivity contribution in [2.45, 2.75) is 40.5 Å². The van der Waals surface area contributed by atoms with Crippen LogP contribution in [-0.2, 0) is 16.0 Å². The van der Waals surface area contributed by atoms with Crippen molar-refractivity contribution in [2.75, 3.05) is 27.3 Å². The molecule has 2 aromatic carbocycles. The summed E-state index contributed by atoms with van der Waals surface area (Å²) in [6.45, 7) is 12.8. The van der Waals surface area contributed by atoms with Gasteiger partial charge in [-0.05, 0) is 69.1 Å². The Kier molecular flexibility index (Phi) is 15.9. The van der Waals surface area contributed by atoms with Gasteiger partial charge in [-0.3, -0.25) is 9.98 Å². The minimum Gasteiger partial charge on any atom is -0.478 e. The molecule has 7 heteroatoms. The number of hydrogen-bond acceptors (Lipinski definition) is 5. The van der Waals surface area contributed by atoms with Gasteiger partial charge in [0.15, 0.2) is 0 Å². The zero-order valence-electron chi connectivity index (χ0n) is 24.5. The third-order valence-corrected chi connectivity index (χ3v) is 5.55. The molecule has 0 radical (unpaired) electrons. The molecule has 1 N–H and O–H groups in total. The van der Waals surface area contributed by atoms with Gasteiger partial charge in [-0.2, -0.15) is 0 Å². The Bertz CT molecular complexity index is 1320. The minimum atomic E-state index is -0.962. The highest BCUT2D eigenvalue weighted by atomic mass is 16.5. The number of hydrogen-bond donors (Lipinski definition) is 1. The highest BCUT2D eigenvalue weighted by Crippen LogP contribution is 2.20. The number of benzene rings is 2. The van der Waals surface area contributed by atoms with E-state index in [0.717, 1.165) is 24.9 Å². The second-order valence-corrected chi connectivity index (χ2v) is 9.18. The second kappa shape index (κ2) is 18.9. The molecular formula is C33H41N3O4. The number of aliphatic imine (C=N–C) groups is 1. The number of nitrogens with zero attached hydrogens (tertiary/aromatic N) is 3. The van der Waals surface area contributed by atoms with Crippen LogP contribution in [-0.4, -0.2) is 60.9 Å². The summed E-state index contributed by atoms with van der Waals surface area (Å²) >= 11 is 0. The number of carbonyl (C=O) groups excluding carboxylic acids is 1. The number of carboxylic acids is 1. The molecule has 0 aliphatic heterocycles. The molecule has 1 heterocycles. The first-order valence-corrected chi connectivity index (χ1v) is 13.1. The fraction of sp³-hybridized carbons (Fsp3) is 0.333. The van der Waals surface area contributed by atoms with Gasteiger partial charge in [0.2, 0.25) is 0 Å². The van der Waals surface area contributed by atoms with E-state index in [9.17, 15) is 9.90 Å². The van der Waals surface area contributed by atoms with Crippen LogP contribution in [0.3, 0.4) is 0 Å². The first kappa shape index (κ1) is 33.7. The number of aromatic nitrogens is 1. The molecular weight excluding hydrogens is 502 g/mol. The third kappa shape index (κ3) is 12.5. The predicted octanol–water partition coefficient (Wildman–Crippen LogP) is 6.11. The molecule has 7 nitrogen and oxygen atoms in total. The van der Waals surface area contributed by atoms with Gasteiger partial charge in [-0.15, -0.1) is 0 Å². The Labute approximate surface area is 238 Å². The van der Waals surface area contributed by atoms with E-state index in [0.29, 0.717) is 35.5 Å². The van der Waals surface area contributed by atoms with Crippen molar-refractivity contribution in [1.29, 1.82) is 0 Å². The topological polar surface area (TPSA) is 92.1 Å². The second-order valence-electron chi connectivity index (χ2n) is 9.18. The first-order valence-electron chi connectivity index (χ1n) is 13.1. The molecule has 40 heavy (non-hydrogen) atoms. The molecule has 1 unspecified atom stereocenters. The SMILES string of the molecule is C=CN(C=NC)CCC#Cc1ccc2nc(C)cc(C(=O)O)c2c1.CC=O.COCC(C)Cc1ccc(C)cc1. The number of carbonyl (C=O) groups is 2. The normalized spacial score (nSPS) is 10.8. The molecule has 3 rings (SSSR count). The zero-order valence-corrected chi connectivity index (χ0v) is 24.5. The van der Waals surface area contributed by atoms with Gasteiger partial charge >= 0.3 is 5.97 Å².